The lowest BCUT2D eigenvalue weighted by atomic mass is 10.1. The lowest BCUT2D eigenvalue weighted by Crippen LogP contribution is -2.20. The number of nitrogen functional groups attached to an aromatic ring is 1. The van der Waals surface area contributed by atoms with Crippen LogP contribution in [0, 0.1) is 5.41 Å². The molecule has 3 N–H and O–H groups in total. The van der Waals surface area contributed by atoms with Gasteiger partial charge in [0, 0.05) is 19.2 Å². The van der Waals surface area contributed by atoms with E-state index in [9.17, 15) is 0 Å². The predicted octanol–water partition coefficient (Wildman–Crippen LogP) is 0.440. The molecule has 2 heterocycles. The molecule has 1 aromatic carbocycles. The van der Waals surface area contributed by atoms with Crippen LogP contribution in [0.4, 0.5) is 5.82 Å². The highest BCUT2D eigenvalue weighted by atomic mass is 15.5. The fourth-order valence-electron chi connectivity index (χ4n) is 2.12. The summed E-state index contributed by atoms with van der Waals surface area (Å²) in [4.78, 5) is 6.12. The van der Waals surface area contributed by atoms with Crippen molar-refractivity contribution in [3.8, 4) is 0 Å². The zero-order chi connectivity index (χ0) is 14.8. The van der Waals surface area contributed by atoms with E-state index in [0.717, 1.165) is 11.4 Å². The number of benzene rings is 1. The van der Waals surface area contributed by atoms with Gasteiger partial charge in [-0.2, -0.15) is 4.52 Å². The zero-order valence-corrected chi connectivity index (χ0v) is 11.4. The number of tetrazole rings is 1. The highest BCUT2D eigenvalue weighted by Gasteiger charge is 2.10. The van der Waals surface area contributed by atoms with Gasteiger partial charge in [-0.3, -0.25) is 10.4 Å². The summed E-state index contributed by atoms with van der Waals surface area (Å²) in [6, 6.07) is 7.58. The van der Waals surface area contributed by atoms with Crippen LogP contribution in [0.2, 0.25) is 0 Å². The summed E-state index contributed by atoms with van der Waals surface area (Å²) in [5.74, 6) is 0.842. The average molecular weight is 282 g/mol. The van der Waals surface area contributed by atoms with Crippen molar-refractivity contribution in [3.63, 3.8) is 0 Å². The average Bonchev–Trinajstić information content (AvgIpc) is 2.95. The minimum Gasteiger partial charge on any atom is -0.384 e. The van der Waals surface area contributed by atoms with Gasteiger partial charge in [0.1, 0.15) is 5.84 Å². The summed E-state index contributed by atoms with van der Waals surface area (Å²) >= 11 is 0. The van der Waals surface area contributed by atoms with Crippen LogP contribution in [-0.4, -0.2) is 37.9 Å². The van der Waals surface area contributed by atoms with Gasteiger partial charge in [0.25, 0.3) is 0 Å². The molecule has 0 atom stereocenters. The van der Waals surface area contributed by atoms with E-state index in [1.54, 1.807) is 16.9 Å². The van der Waals surface area contributed by atoms with Crippen LogP contribution in [0.3, 0.4) is 0 Å². The van der Waals surface area contributed by atoms with Crippen molar-refractivity contribution in [3.05, 3.63) is 47.8 Å². The largest absolute Gasteiger partial charge is 0.384 e. The fraction of sp³-hybridized carbons (Fsp3) is 0.154. The highest BCUT2D eigenvalue weighted by Crippen LogP contribution is 2.15. The van der Waals surface area contributed by atoms with Crippen LogP contribution in [-0.2, 0) is 6.54 Å². The molecule has 3 aromatic rings. The van der Waals surface area contributed by atoms with E-state index < -0.39 is 0 Å². The lowest BCUT2D eigenvalue weighted by Gasteiger charge is -2.19. The molecule has 2 aromatic heterocycles. The number of nitrogens with two attached hydrogens (primary N) is 1. The molecule has 3 rings (SSSR count). The molecule has 0 unspecified atom stereocenters. The smallest absolute Gasteiger partial charge is 0.199 e. The van der Waals surface area contributed by atoms with E-state index >= 15 is 0 Å². The van der Waals surface area contributed by atoms with Crippen molar-refractivity contribution in [2.75, 3.05) is 11.9 Å². The van der Waals surface area contributed by atoms with Crippen LogP contribution in [0.5, 0.6) is 0 Å². The number of nitrogens with one attached hydrogen (secondary N) is 1. The van der Waals surface area contributed by atoms with Gasteiger partial charge >= 0.3 is 0 Å². The topological polar surface area (TPSA) is 109 Å². The quantitative estimate of drug-likeness (QED) is 0.531. The van der Waals surface area contributed by atoms with Crippen LogP contribution >= 0.6 is 0 Å². The molecule has 0 spiro atoms. The molecule has 8 nitrogen and oxygen atoms in total. The van der Waals surface area contributed by atoms with E-state index in [-0.39, 0.29) is 5.84 Å². The molecular formula is C13H14N8. The Hall–Kier alpha value is -3.03. The number of hydrogen-bond acceptors (Lipinski definition) is 6. The standard InChI is InChI=1S/C13H14N8/c1-20(8-9-3-2-4-10(5-9)13(14)15)12-7-16-6-11-17-18-19-21(11)12/h2-7H,8H2,1H3,(H3,14,15). The first-order valence-electron chi connectivity index (χ1n) is 6.32. The van der Waals surface area contributed by atoms with Crippen molar-refractivity contribution in [2.24, 2.45) is 5.73 Å². The van der Waals surface area contributed by atoms with Crippen molar-refractivity contribution < 1.29 is 0 Å². The number of fused-ring (bicyclic) bond motifs is 1. The molecule has 0 amide bonds. The molecule has 106 valence electrons. The Balaban J connectivity index is 1.89. The molecule has 0 aliphatic rings. The SMILES string of the molecule is CN(Cc1cccc(C(=N)N)c1)c1cncc2nnnn12. The number of hydrogen-bond donors (Lipinski definition) is 2. The van der Waals surface area contributed by atoms with E-state index in [4.69, 9.17) is 11.1 Å². The first-order chi connectivity index (χ1) is 10.1. The van der Waals surface area contributed by atoms with Gasteiger partial charge in [0.2, 0.25) is 0 Å². The van der Waals surface area contributed by atoms with Crippen molar-refractivity contribution >= 4 is 17.3 Å². The van der Waals surface area contributed by atoms with Gasteiger partial charge in [-0.25, -0.2) is 0 Å². The maximum atomic E-state index is 7.49. The van der Waals surface area contributed by atoms with Crippen LogP contribution in [0.25, 0.3) is 5.65 Å². The Morgan fingerprint density at radius 2 is 2.24 bits per heavy atom. The fourth-order valence-corrected chi connectivity index (χ4v) is 2.12. The number of rotatable bonds is 4. The molecule has 0 fully saturated rings. The monoisotopic (exact) mass is 282 g/mol. The second kappa shape index (κ2) is 5.16. The van der Waals surface area contributed by atoms with E-state index in [2.05, 4.69) is 20.5 Å². The Morgan fingerprint density at radius 3 is 3.05 bits per heavy atom. The highest BCUT2D eigenvalue weighted by molar-refractivity contribution is 5.95. The number of anilines is 1. The number of aromatic nitrogens is 5. The summed E-state index contributed by atoms with van der Waals surface area (Å²) in [5.41, 5.74) is 7.85. The molecule has 8 heteroatoms. The first kappa shape index (κ1) is 13.0. The summed E-state index contributed by atoms with van der Waals surface area (Å²) in [6.07, 6.45) is 3.31. The summed E-state index contributed by atoms with van der Waals surface area (Å²) in [7, 11) is 1.93. The normalized spacial score (nSPS) is 10.7. The maximum Gasteiger partial charge on any atom is 0.199 e. The maximum absolute atomic E-state index is 7.49. The molecule has 21 heavy (non-hydrogen) atoms. The Labute approximate surface area is 120 Å². The van der Waals surface area contributed by atoms with Gasteiger partial charge in [-0.1, -0.05) is 18.2 Å². The van der Waals surface area contributed by atoms with Gasteiger partial charge in [0.05, 0.1) is 12.4 Å². The number of nitrogens with zero attached hydrogens (tertiary/aromatic N) is 6. The van der Waals surface area contributed by atoms with Crippen molar-refractivity contribution in [2.45, 2.75) is 6.54 Å². The van der Waals surface area contributed by atoms with Crippen molar-refractivity contribution in [1.82, 2.24) is 25.0 Å². The Bertz CT molecular complexity index is 793. The van der Waals surface area contributed by atoms with Crippen LogP contribution in [0.1, 0.15) is 11.1 Å². The summed E-state index contributed by atoms with van der Waals surface area (Å²) < 4.78 is 1.63. The first-order valence-corrected chi connectivity index (χ1v) is 6.32. The number of amidine groups is 1. The van der Waals surface area contributed by atoms with Gasteiger partial charge in [-0.15, -0.1) is 5.10 Å². The Kier molecular flexibility index (Phi) is 3.19. The van der Waals surface area contributed by atoms with Crippen molar-refractivity contribution in [1.29, 1.82) is 5.41 Å². The third-order valence-electron chi connectivity index (χ3n) is 3.14. The lowest BCUT2D eigenvalue weighted by molar-refractivity contribution is 0.782. The van der Waals surface area contributed by atoms with Crippen LogP contribution in [0.15, 0.2) is 36.7 Å². The molecular weight excluding hydrogens is 268 g/mol. The Morgan fingerprint density at radius 1 is 1.38 bits per heavy atom. The predicted molar refractivity (Wildman–Crippen MR) is 78.1 cm³/mol. The second-order valence-electron chi connectivity index (χ2n) is 4.68. The molecule has 0 aliphatic heterocycles. The zero-order valence-electron chi connectivity index (χ0n) is 11.4. The van der Waals surface area contributed by atoms with Crippen LogP contribution < -0.4 is 10.6 Å². The van der Waals surface area contributed by atoms with Gasteiger partial charge < -0.3 is 10.6 Å². The molecule has 0 aliphatic carbocycles. The summed E-state index contributed by atoms with van der Waals surface area (Å²) in [5, 5.41) is 19.0. The summed E-state index contributed by atoms with van der Waals surface area (Å²) in [6.45, 7) is 0.627. The van der Waals surface area contributed by atoms with E-state index in [0.29, 0.717) is 17.8 Å². The third-order valence-corrected chi connectivity index (χ3v) is 3.14. The van der Waals surface area contributed by atoms with E-state index in [1.165, 1.54) is 0 Å². The molecule has 0 radical (unpaired) electrons. The van der Waals surface area contributed by atoms with Gasteiger partial charge in [-0.05, 0) is 22.1 Å². The molecule has 0 saturated heterocycles. The minimum atomic E-state index is 0.0590. The molecule has 0 saturated carbocycles. The minimum absolute atomic E-state index is 0.0590. The second-order valence-corrected chi connectivity index (χ2v) is 4.68. The molecule has 0 bridgehead atoms. The van der Waals surface area contributed by atoms with Gasteiger partial charge in [0.15, 0.2) is 11.5 Å². The third kappa shape index (κ3) is 2.50. The van der Waals surface area contributed by atoms with E-state index in [1.807, 2.05) is 36.2 Å².